The van der Waals surface area contributed by atoms with Crippen molar-refractivity contribution in [1.82, 2.24) is 14.9 Å². The van der Waals surface area contributed by atoms with Crippen LogP contribution in [0.25, 0.3) is 10.9 Å². The maximum absolute atomic E-state index is 12.1. The van der Waals surface area contributed by atoms with Crippen molar-refractivity contribution in [2.75, 3.05) is 6.54 Å². The van der Waals surface area contributed by atoms with E-state index in [0.29, 0.717) is 19.5 Å². The number of nitrogens with one attached hydrogen (secondary N) is 2. The number of aromatic nitrogens is 2. The zero-order valence-corrected chi connectivity index (χ0v) is 13.7. The van der Waals surface area contributed by atoms with Crippen LogP contribution in [0.3, 0.4) is 0 Å². The van der Waals surface area contributed by atoms with Crippen LogP contribution in [-0.4, -0.2) is 22.0 Å². The third-order valence-electron chi connectivity index (χ3n) is 4.08. The fourth-order valence-corrected chi connectivity index (χ4v) is 2.78. The number of benzene rings is 1. The van der Waals surface area contributed by atoms with Gasteiger partial charge in [0.1, 0.15) is 0 Å². The second-order valence-corrected chi connectivity index (χ2v) is 5.98. The zero-order chi connectivity index (χ0) is 16.9. The van der Waals surface area contributed by atoms with Crippen LogP contribution in [0, 0.1) is 6.92 Å². The van der Waals surface area contributed by atoms with Gasteiger partial charge in [-0.25, -0.2) is 0 Å². The Kier molecular flexibility index (Phi) is 4.79. The van der Waals surface area contributed by atoms with E-state index in [-0.39, 0.29) is 11.5 Å². The molecule has 2 N–H and O–H groups in total. The van der Waals surface area contributed by atoms with Crippen LogP contribution in [0.5, 0.6) is 0 Å². The Morgan fingerprint density at radius 2 is 2.08 bits per heavy atom. The van der Waals surface area contributed by atoms with E-state index in [9.17, 15) is 9.59 Å². The highest BCUT2D eigenvalue weighted by atomic mass is 16.1. The van der Waals surface area contributed by atoms with Gasteiger partial charge in [-0.15, -0.1) is 0 Å². The molecule has 0 saturated heterocycles. The molecule has 0 fully saturated rings. The molecule has 0 spiro atoms. The number of carbonyl (C=O) groups excluding carboxylic acids is 1. The molecule has 5 heteroatoms. The first-order chi connectivity index (χ1) is 11.6. The second-order valence-electron chi connectivity index (χ2n) is 5.98. The number of aromatic amines is 1. The van der Waals surface area contributed by atoms with Crippen molar-refractivity contribution in [3.8, 4) is 0 Å². The number of rotatable bonds is 6. The van der Waals surface area contributed by atoms with Crippen LogP contribution >= 0.6 is 0 Å². The van der Waals surface area contributed by atoms with E-state index < -0.39 is 0 Å². The SMILES string of the molecule is Cc1ccn(CCCNC(=O)Cc2c[nH]c3ccccc23)c(=O)c1. The van der Waals surface area contributed by atoms with Crippen LogP contribution in [0.1, 0.15) is 17.5 Å². The molecule has 2 heterocycles. The molecular formula is C19H21N3O2. The highest BCUT2D eigenvalue weighted by molar-refractivity contribution is 5.88. The molecule has 0 aliphatic heterocycles. The Hall–Kier alpha value is -2.82. The predicted octanol–water partition coefficient (Wildman–Crippen LogP) is 2.39. The largest absolute Gasteiger partial charge is 0.361 e. The molecule has 0 aliphatic carbocycles. The quantitative estimate of drug-likeness (QED) is 0.684. The standard InChI is InChI=1S/C19H21N3O2/c1-14-7-10-22(19(24)11-14)9-4-8-20-18(23)12-15-13-21-17-6-3-2-5-16(15)17/h2-3,5-7,10-11,13,21H,4,8-9,12H2,1H3,(H,20,23). The number of pyridine rings is 1. The maximum Gasteiger partial charge on any atom is 0.250 e. The number of carbonyl (C=O) groups is 1. The summed E-state index contributed by atoms with van der Waals surface area (Å²) in [4.78, 5) is 27.0. The summed E-state index contributed by atoms with van der Waals surface area (Å²) in [5.41, 5.74) is 3.00. The molecule has 0 bridgehead atoms. The topological polar surface area (TPSA) is 66.9 Å². The summed E-state index contributed by atoms with van der Waals surface area (Å²) in [7, 11) is 0. The first-order valence-corrected chi connectivity index (χ1v) is 8.12. The highest BCUT2D eigenvalue weighted by Gasteiger charge is 2.08. The number of nitrogens with zero attached hydrogens (tertiary/aromatic N) is 1. The lowest BCUT2D eigenvalue weighted by atomic mass is 10.1. The number of H-pyrrole nitrogens is 1. The van der Waals surface area contributed by atoms with E-state index in [1.165, 1.54) is 0 Å². The summed E-state index contributed by atoms with van der Waals surface area (Å²) in [5, 5.41) is 4.00. The van der Waals surface area contributed by atoms with Crippen molar-refractivity contribution in [2.45, 2.75) is 26.3 Å². The third-order valence-corrected chi connectivity index (χ3v) is 4.08. The average Bonchev–Trinajstić information content (AvgIpc) is 2.96. The number of fused-ring (bicyclic) bond motifs is 1. The minimum Gasteiger partial charge on any atom is -0.361 e. The van der Waals surface area contributed by atoms with Crippen LogP contribution in [0.4, 0.5) is 0 Å². The van der Waals surface area contributed by atoms with Crippen LogP contribution in [0.2, 0.25) is 0 Å². The lowest BCUT2D eigenvalue weighted by Gasteiger charge is -2.07. The third kappa shape index (κ3) is 3.74. The van der Waals surface area contributed by atoms with E-state index >= 15 is 0 Å². The molecule has 24 heavy (non-hydrogen) atoms. The molecule has 2 aromatic heterocycles. The van der Waals surface area contributed by atoms with E-state index in [4.69, 9.17) is 0 Å². The highest BCUT2D eigenvalue weighted by Crippen LogP contribution is 2.17. The smallest absolute Gasteiger partial charge is 0.250 e. The van der Waals surface area contributed by atoms with E-state index in [1.54, 1.807) is 16.8 Å². The van der Waals surface area contributed by atoms with Gasteiger partial charge < -0.3 is 14.9 Å². The van der Waals surface area contributed by atoms with Crippen molar-refractivity contribution >= 4 is 16.8 Å². The van der Waals surface area contributed by atoms with E-state index in [1.807, 2.05) is 43.5 Å². The molecule has 0 radical (unpaired) electrons. The molecular weight excluding hydrogens is 302 g/mol. The lowest BCUT2D eigenvalue weighted by molar-refractivity contribution is -0.120. The van der Waals surface area contributed by atoms with E-state index in [2.05, 4.69) is 10.3 Å². The van der Waals surface area contributed by atoms with Gasteiger partial charge in [0.25, 0.3) is 5.56 Å². The Morgan fingerprint density at radius 1 is 1.25 bits per heavy atom. The number of hydrogen-bond acceptors (Lipinski definition) is 2. The molecule has 124 valence electrons. The normalized spacial score (nSPS) is 10.9. The Morgan fingerprint density at radius 3 is 2.92 bits per heavy atom. The molecule has 0 saturated carbocycles. The first-order valence-electron chi connectivity index (χ1n) is 8.12. The fraction of sp³-hybridized carbons (Fsp3) is 0.263. The number of para-hydroxylation sites is 1. The van der Waals surface area contributed by atoms with Gasteiger partial charge in [0.15, 0.2) is 0 Å². The Bertz CT molecular complexity index is 908. The number of amides is 1. The van der Waals surface area contributed by atoms with Gasteiger partial charge >= 0.3 is 0 Å². The van der Waals surface area contributed by atoms with Gasteiger partial charge in [-0.05, 0) is 36.6 Å². The molecule has 0 aliphatic rings. The summed E-state index contributed by atoms with van der Waals surface area (Å²) in [6.07, 6.45) is 4.76. The molecule has 3 rings (SSSR count). The predicted molar refractivity (Wildman–Crippen MR) is 95.1 cm³/mol. The monoisotopic (exact) mass is 323 g/mol. The maximum atomic E-state index is 12.1. The Labute approximate surface area is 140 Å². The van der Waals surface area contributed by atoms with Crippen molar-refractivity contribution in [2.24, 2.45) is 0 Å². The van der Waals surface area contributed by atoms with Gasteiger partial charge in [-0.3, -0.25) is 9.59 Å². The van der Waals surface area contributed by atoms with Gasteiger partial charge in [-0.1, -0.05) is 18.2 Å². The van der Waals surface area contributed by atoms with Gasteiger partial charge in [0.05, 0.1) is 6.42 Å². The second kappa shape index (κ2) is 7.17. The molecule has 0 unspecified atom stereocenters. The zero-order valence-electron chi connectivity index (χ0n) is 13.7. The van der Waals surface area contributed by atoms with Gasteiger partial charge in [0, 0.05) is 42.5 Å². The fourth-order valence-electron chi connectivity index (χ4n) is 2.78. The molecule has 0 atom stereocenters. The minimum absolute atomic E-state index is 0.000110. The summed E-state index contributed by atoms with van der Waals surface area (Å²) >= 11 is 0. The van der Waals surface area contributed by atoms with Crippen LogP contribution in [0.15, 0.2) is 53.6 Å². The van der Waals surface area contributed by atoms with Gasteiger partial charge in [-0.2, -0.15) is 0 Å². The van der Waals surface area contributed by atoms with Crippen molar-refractivity contribution in [1.29, 1.82) is 0 Å². The van der Waals surface area contributed by atoms with Gasteiger partial charge in [0.2, 0.25) is 5.91 Å². The van der Waals surface area contributed by atoms with Crippen molar-refractivity contribution in [3.05, 3.63) is 70.3 Å². The first kappa shape index (κ1) is 16.1. The van der Waals surface area contributed by atoms with Crippen LogP contribution in [-0.2, 0) is 17.8 Å². The van der Waals surface area contributed by atoms with Crippen molar-refractivity contribution < 1.29 is 4.79 Å². The molecule has 1 aromatic carbocycles. The number of aryl methyl sites for hydroxylation is 2. The Balaban J connectivity index is 1.48. The van der Waals surface area contributed by atoms with E-state index in [0.717, 1.165) is 28.5 Å². The molecule has 3 aromatic rings. The van der Waals surface area contributed by atoms with Crippen molar-refractivity contribution in [3.63, 3.8) is 0 Å². The molecule has 1 amide bonds. The number of hydrogen-bond donors (Lipinski definition) is 2. The summed E-state index contributed by atoms with van der Waals surface area (Å²) in [6.45, 7) is 3.06. The summed E-state index contributed by atoms with van der Waals surface area (Å²) in [5.74, 6) is -0.00370. The summed E-state index contributed by atoms with van der Waals surface area (Å²) < 4.78 is 1.67. The summed E-state index contributed by atoms with van der Waals surface area (Å²) in [6, 6.07) is 11.5. The average molecular weight is 323 g/mol. The minimum atomic E-state index is -0.00370. The van der Waals surface area contributed by atoms with Crippen LogP contribution < -0.4 is 10.9 Å². The molecule has 5 nitrogen and oxygen atoms in total. The lowest BCUT2D eigenvalue weighted by Crippen LogP contribution is -2.28.